The second-order valence-corrected chi connectivity index (χ2v) is 7.98. The first-order valence-corrected chi connectivity index (χ1v) is 10.4. The van der Waals surface area contributed by atoms with Crippen molar-refractivity contribution >= 4 is 23.6 Å². The number of hydrogen-bond acceptors (Lipinski definition) is 6. The zero-order valence-corrected chi connectivity index (χ0v) is 17.5. The summed E-state index contributed by atoms with van der Waals surface area (Å²) in [6, 6.07) is 14.1. The fourth-order valence-corrected chi connectivity index (χ4v) is 4.08. The maximum atomic E-state index is 13.2. The Hall–Kier alpha value is -3.88. The molecule has 1 fully saturated rings. The zero-order chi connectivity index (χ0) is 22.3. The van der Waals surface area contributed by atoms with Crippen LogP contribution in [0.2, 0.25) is 0 Å². The molecule has 4 amide bonds. The zero-order valence-electron chi connectivity index (χ0n) is 17.5. The third-order valence-corrected chi connectivity index (χ3v) is 5.88. The molecule has 9 nitrogen and oxygen atoms in total. The van der Waals surface area contributed by atoms with Gasteiger partial charge in [-0.05, 0) is 30.2 Å². The van der Waals surface area contributed by atoms with Crippen molar-refractivity contribution in [2.45, 2.75) is 18.9 Å². The predicted molar refractivity (Wildman–Crippen MR) is 114 cm³/mol. The minimum absolute atomic E-state index is 0.379. The van der Waals surface area contributed by atoms with Gasteiger partial charge in [-0.1, -0.05) is 36.4 Å². The number of amides is 4. The van der Waals surface area contributed by atoms with Crippen LogP contribution in [-0.2, 0) is 15.1 Å². The highest BCUT2D eigenvalue weighted by Gasteiger charge is 2.50. The highest BCUT2D eigenvalue weighted by molar-refractivity contribution is 6.09. The Labute approximate surface area is 184 Å². The lowest BCUT2D eigenvalue weighted by molar-refractivity contribution is -0.138. The Morgan fingerprint density at radius 1 is 1.09 bits per heavy atom. The van der Waals surface area contributed by atoms with E-state index in [4.69, 9.17) is 9.47 Å². The Bertz CT molecular complexity index is 1130. The van der Waals surface area contributed by atoms with Crippen LogP contribution in [0.15, 0.2) is 53.6 Å². The summed E-state index contributed by atoms with van der Waals surface area (Å²) in [6.07, 6.45) is 0.616. The molecule has 3 heterocycles. The molecule has 2 aromatic rings. The van der Waals surface area contributed by atoms with Crippen LogP contribution in [0.4, 0.5) is 4.79 Å². The van der Waals surface area contributed by atoms with Gasteiger partial charge in [-0.15, -0.1) is 0 Å². The molecule has 1 saturated heterocycles. The van der Waals surface area contributed by atoms with Crippen LogP contribution in [0.3, 0.4) is 0 Å². The van der Waals surface area contributed by atoms with Crippen LogP contribution in [0, 0.1) is 0 Å². The second-order valence-electron chi connectivity index (χ2n) is 7.98. The highest BCUT2D eigenvalue weighted by Crippen LogP contribution is 2.36. The maximum Gasteiger partial charge on any atom is 0.325 e. The fourth-order valence-electron chi connectivity index (χ4n) is 4.08. The van der Waals surface area contributed by atoms with Crippen molar-refractivity contribution in [1.29, 1.82) is 0 Å². The molecule has 3 aliphatic heterocycles. The summed E-state index contributed by atoms with van der Waals surface area (Å²) in [6.45, 7) is 2.52. The smallest absolute Gasteiger partial charge is 0.325 e. The van der Waals surface area contributed by atoms with Crippen LogP contribution in [0.1, 0.15) is 24.5 Å². The number of imide groups is 1. The molecule has 2 aromatic carbocycles. The molecule has 0 spiro atoms. The van der Waals surface area contributed by atoms with Crippen LogP contribution in [-0.4, -0.2) is 59.8 Å². The Balaban J connectivity index is 1.32. The van der Waals surface area contributed by atoms with Crippen molar-refractivity contribution in [1.82, 2.24) is 15.2 Å². The number of nitrogens with zero attached hydrogens (tertiary/aromatic N) is 3. The average molecular weight is 434 g/mol. The number of fused-ring (bicyclic) bond motifs is 1. The Kier molecular flexibility index (Phi) is 4.80. The van der Waals surface area contributed by atoms with Gasteiger partial charge in [0.25, 0.3) is 11.8 Å². The molecular weight excluding hydrogens is 412 g/mol. The third-order valence-electron chi connectivity index (χ3n) is 5.88. The largest absolute Gasteiger partial charge is 0.486 e. The van der Waals surface area contributed by atoms with E-state index in [0.717, 1.165) is 16.2 Å². The van der Waals surface area contributed by atoms with E-state index in [1.165, 1.54) is 5.01 Å². The molecule has 1 atom stereocenters. The molecular formula is C23H22N4O5. The first kappa shape index (κ1) is 20.0. The van der Waals surface area contributed by atoms with Gasteiger partial charge in [-0.3, -0.25) is 14.5 Å². The van der Waals surface area contributed by atoms with E-state index in [-0.39, 0.29) is 6.54 Å². The summed E-state index contributed by atoms with van der Waals surface area (Å²) in [5.41, 5.74) is 0.998. The Morgan fingerprint density at radius 2 is 1.84 bits per heavy atom. The number of nitrogens with one attached hydrogen (secondary N) is 1. The van der Waals surface area contributed by atoms with Crippen LogP contribution in [0.25, 0.3) is 0 Å². The lowest BCUT2D eigenvalue weighted by Gasteiger charge is -2.25. The second kappa shape index (κ2) is 7.67. The van der Waals surface area contributed by atoms with Crippen molar-refractivity contribution in [3.8, 4) is 11.5 Å². The molecule has 3 aliphatic rings. The normalized spacial score (nSPS) is 22.1. The molecule has 1 N–H and O–H groups in total. The van der Waals surface area contributed by atoms with E-state index >= 15 is 0 Å². The number of urea groups is 1. The average Bonchev–Trinajstić information content (AvgIpc) is 3.39. The van der Waals surface area contributed by atoms with Gasteiger partial charge in [0, 0.05) is 6.42 Å². The van der Waals surface area contributed by atoms with Gasteiger partial charge < -0.3 is 14.8 Å². The van der Waals surface area contributed by atoms with Crippen molar-refractivity contribution < 1.29 is 23.9 Å². The van der Waals surface area contributed by atoms with E-state index < -0.39 is 23.4 Å². The summed E-state index contributed by atoms with van der Waals surface area (Å²) in [5, 5.41) is 8.43. The monoisotopic (exact) mass is 434 g/mol. The number of ether oxygens (including phenoxy) is 2. The number of benzene rings is 2. The number of hydrazone groups is 1. The van der Waals surface area contributed by atoms with E-state index in [1.54, 1.807) is 25.1 Å². The van der Waals surface area contributed by atoms with Gasteiger partial charge in [0.1, 0.15) is 25.3 Å². The van der Waals surface area contributed by atoms with Gasteiger partial charge in [0.15, 0.2) is 11.5 Å². The van der Waals surface area contributed by atoms with Crippen molar-refractivity contribution in [2.75, 3.05) is 26.3 Å². The van der Waals surface area contributed by atoms with E-state index in [0.29, 0.717) is 43.2 Å². The van der Waals surface area contributed by atoms with Crippen LogP contribution in [0.5, 0.6) is 11.5 Å². The SMILES string of the molecule is CC1(c2ccc3c(c2)OCCO3)NC(=O)N(CC(=O)N2CCC(c3ccccc3)=N2)C1=O. The predicted octanol–water partition coefficient (Wildman–Crippen LogP) is 1.86. The van der Waals surface area contributed by atoms with E-state index in [9.17, 15) is 14.4 Å². The first-order chi connectivity index (χ1) is 15.5. The molecule has 0 aromatic heterocycles. The molecule has 0 radical (unpaired) electrons. The number of carbonyl (C=O) groups excluding carboxylic acids is 3. The van der Waals surface area contributed by atoms with Crippen molar-refractivity contribution in [2.24, 2.45) is 5.10 Å². The van der Waals surface area contributed by atoms with Gasteiger partial charge in [0.05, 0.1) is 12.3 Å². The molecule has 32 heavy (non-hydrogen) atoms. The standard InChI is InChI=1S/C23H22N4O5/c1-23(16-7-8-18-19(13-16)32-12-11-31-18)21(29)26(22(30)24-23)14-20(28)27-10-9-17(25-27)15-5-3-2-4-6-15/h2-8,13H,9-12,14H2,1H3,(H,24,30). The molecule has 0 bridgehead atoms. The first-order valence-electron chi connectivity index (χ1n) is 10.4. The van der Waals surface area contributed by atoms with Crippen LogP contribution < -0.4 is 14.8 Å². The third kappa shape index (κ3) is 3.35. The maximum absolute atomic E-state index is 13.2. The lowest BCUT2D eigenvalue weighted by atomic mass is 9.91. The van der Waals surface area contributed by atoms with Crippen LogP contribution >= 0.6 is 0 Å². The van der Waals surface area contributed by atoms with Gasteiger partial charge in [0.2, 0.25) is 0 Å². The van der Waals surface area contributed by atoms with Crippen molar-refractivity contribution in [3.05, 3.63) is 59.7 Å². The van der Waals surface area contributed by atoms with E-state index in [2.05, 4.69) is 10.4 Å². The molecule has 5 rings (SSSR count). The topological polar surface area (TPSA) is 101 Å². The fraction of sp³-hybridized carbons (Fsp3) is 0.304. The Morgan fingerprint density at radius 3 is 2.62 bits per heavy atom. The summed E-state index contributed by atoms with van der Waals surface area (Å²) in [4.78, 5) is 39.6. The van der Waals surface area contributed by atoms with Gasteiger partial charge >= 0.3 is 6.03 Å². The quantitative estimate of drug-likeness (QED) is 0.741. The number of rotatable bonds is 4. The summed E-state index contributed by atoms with van der Waals surface area (Å²) < 4.78 is 11.1. The number of hydrogen-bond donors (Lipinski definition) is 1. The summed E-state index contributed by atoms with van der Waals surface area (Å²) in [5.74, 6) is 0.199. The molecule has 0 aliphatic carbocycles. The minimum Gasteiger partial charge on any atom is -0.486 e. The van der Waals surface area contributed by atoms with Gasteiger partial charge in [-0.25, -0.2) is 9.80 Å². The lowest BCUT2D eigenvalue weighted by Crippen LogP contribution is -2.43. The van der Waals surface area contributed by atoms with Crippen molar-refractivity contribution in [3.63, 3.8) is 0 Å². The number of carbonyl (C=O) groups is 3. The highest BCUT2D eigenvalue weighted by atomic mass is 16.6. The molecule has 9 heteroatoms. The molecule has 1 unspecified atom stereocenters. The molecule has 0 saturated carbocycles. The minimum atomic E-state index is -1.31. The molecule has 164 valence electrons. The summed E-state index contributed by atoms with van der Waals surface area (Å²) >= 11 is 0. The van der Waals surface area contributed by atoms with Gasteiger partial charge in [-0.2, -0.15) is 5.10 Å². The van der Waals surface area contributed by atoms with E-state index in [1.807, 2.05) is 30.3 Å². The summed E-state index contributed by atoms with van der Waals surface area (Å²) in [7, 11) is 0.